The van der Waals surface area contributed by atoms with Crippen LogP contribution in [0.4, 0.5) is 5.82 Å². The van der Waals surface area contributed by atoms with Gasteiger partial charge in [-0.1, -0.05) is 84.9 Å². The number of nitrogens with zero attached hydrogens (tertiary/aromatic N) is 2. The van der Waals surface area contributed by atoms with Crippen molar-refractivity contribution in [2.45, 2.75) is 6.10 Å². The van der Waals surface area contributed by atoms with Crippen LogP contribution in [0.2, 0.25) is 0 Å². The molecule has 148 valence electrons. The van der Waals surface area contributed by atoms with Crippen LogP contribution in [0, 0.1) is 0 Å². The van der Waals surface area contributed by atoms with E-state index in [2.05, 4.69) is 15.3 Å². The number of aliphatic hydroxyl groups excluding tert-OH is 1. The lowest BCUT2D eigenvalue weighted by Gasteiger charge is -2.13. The number of nitrogens with one attached hydrogen (secondary N) is 1. The molecule has 1 atom stereocenters. The van der Waals surface area contributed by atoms with Gasteiger partial charge in [0.15, 0.2) is 5.78 Å². The number of anilines is 1. The van der Waals surface area contributed by atoms with Crippen molar-refractivity contribution in [2.75, 3.05) is 11.9 Å². The van der Waals surface area contributed by atoms with Crippen molar-refractivity contribution >= 4 is 11.6 Å². The lowest BCUT2D eigenvalue weighted by Crippen LogP contribution is -2.13. The second-order valence-electron chi connectivity index (χ2n) is 6.87. The van der Waals surface area contributed by atoms with E-state index < -0.39 is 6.10 Å². The number of hydrogen-bond donors (Lipinski definition) is 2. The second kappa shape index (κ2) is 9.11. The molecule has 5 heteroatoms. The molecule has 0 fully saturated rings. The van der Waals surface area contributed by atoms with Crippen LogP contribution in [0.1, 0.15) is 27.6 Å². The van der Waals surface area contributed by atoms with Crippen molar-refractivity contribution in [3.05, 3.63) is 114 Å². The number of aliphatic hydroxyl groups is 1. The van der Waals surface area contributed by atoms with Crippen molar-refractivity contribution in [3.8, 4) is 11.3 Å². The van der Waals surface area contributed by atoms with Gasteiger partial charge in [-0.2, -0.15) is 0 Å². The van der Waals surface area contributed by atoms with Gasteiger partial charge in [0.25, 0.3) is 0 Å². The molecule has 0 radical (unpaired) electrons. The Labute approximate surface area is 175 Å². The highest BCUT2D eigenvalue weighted by Gasteiger charge is 2.10. The molecule has 2 N–H and O–H groups in total. The molecule has 0 aliphatic rings. The van der Waals surface area contributed by atoms with Gasteiger partial charge in [0.05, 0.1) is 11.8 Å². The maximum absolute atomic E-state index is 12.6. The molecule has 0 spiro atoms. The van der Waals surface area contributed by atoms with Crippen LogP contribution < -0.4 is 5.32 Å². The third kappa shape index (κ3) is 4.59. The summed E-state index contributed by atoms with van der Waals surface area (Å²) in [5.41, 5.74) is 3.76. The van der Waals surface area contributed by atoms with E-state index in [0.717, 1.165) is 16.8 Å². The summed E-state index contributed by atoms with van der Waals surface area (Å²) in [6.07, 6.45) is 0.850. The Balaban J connectivity index is 1.45. The molecule has 30 heavy (non-hydrogen) atoms. The SMILES string of the molecule is O=C(c1ccccc1)c1ccc(-c2cc(NCC(O)c3ccccc3)ncn2)cc1. The summed E-state index contributed by atoms with van der Waals surface area (Å²) in [5.74, 6) is 0.613. The van der Waals surface area contributed by atoms with Crippen molar-refractivity contribution in [1.29, 1.82) is 0 Å². The van der Waals surface area contributed by atoms with E-state index in [9.17, 15) is 9.90 Å². The topological polar surface area (TPSA) is 75.1 Å². The molecule has 0 amide bonds. The van der Waals surface area contributed by atoms with Crippen LogP contribution in [-0.4, -0.2) is 27.4 Å². The number of carbonyl (C=O) groups is 1. The average Bonchev–Trinajstić information content (AvgIpc) is 2.83. The molecule has 1 unspecified atom stereocenters. The Morgan fingerprint density at radius 2 is 1.47 bits per heavy atom. The summed E-state index contributed by atoms with van der Waals surface area (Å²) >= 11 is 0. The number of rotatable bonds is 7. The number of aromatic nitrogens is 2. The highest BCUT2D eigenvalue weighted by Crippen LogP contribution is 2.21. The van der Waals surface area contributed by atoms with E-state index in [0.29, 0.717) is 23.5 Å². The number of benzene rings is 3. The molecule has 1 heterocycles. The first-order valence-electron chi connectivity index (χ1n) is 9.70. The van der Waals surface area contributed by atoms with Gasteiger partial charge in [-0.3, -0.25) is 4.79 Å². The minimum atomic E-state index is -0.632. The third-order valence-corrected chi connectivity index (χ3v) is 4.81. The molecule has 0 saturated carbocycles. The molecule has 3 aromatic carbocycles. The molecule has 0 saturated heterocycles. The molecule has 0 aliphatic carbocycles. The summed E-state index contributed by atoms with van der Waals surface area (Å²) in [6.45, 7) is 0.338. The first-order valence-corrected chi connectivity index (χ1v) is 9.70. The number of carbonyl (C=O) groups excluding carboxylic acids is 1. The molecule has 4 aromatic rings. The van der Waals surface area contributed by atoms with Gasteiger partial charge in [0, 0.05) is 29.3 Å². The van der Waals surface area contributed by atoms with E-state index >= 15 is 0 Å². The van der Waals surface area contributed by atoms with E-state index in [1.807, 2.05) is 78.9 Å². The first kappa shape index (κ1) is 19.5. The fourth-order valence-corrected chi connectivity index (χ4v) is 3.15. The summed E-state index contributed by atoms with van der Waals surface area (Å²) in [5, 5.41) is 13.5. The van der Waals surface area contributed by atoms with Crippen LogP contribution in [0.25, 0.3) is 11.3 Å². The minimum absolute atomic E-state index is 0.0120. The zero-order chi connectivity index (χ0) is 20.8. The van der Waals surface area contributed by atoms with Crippen molar-refractivity contribution in [3.63, 3.8) is 0 Å². The van der Waals surface area contributed by atoms with Crippen LogP contribution in [0.5, 0.6) is 0 Å². The zero-order valence-corrected chi connectivity index (χ0v) is 16.3. The van der Waals surface area contributed by atoms with Gasteiger partial charge >= 0.3 is 0 Å². The molecule has 0 aliphatic heterocycles. The Morgan fingerprint density at radius 1 is 0.833 bits per heavy atom. The van der Waals surface area contributed by atoms with E-state index in [4.69, 9.17) is 0 Å². The van der Waals surface area contributed by atoms with E-state index in [1.165, 1.54) is 6.33 Å². The largest absolute Gasteiger partial charge is 0.387 e. The smallest absolute Gasteiger partial charge is 0.193 e. The Bertz CT molecular complexity index is 1110. The monoisotopic (exact) mass is 395 g/mol. The predicted octanol–water partition coefficient (Wildman–Crippen LogP) is 4.52. The molecule has 5 nitrogen and oxygen atoms in total. The Kier molecular flexibility index (Phi) is 5.92. The van der Waals surface area contributed by atoms with Gasteiger partial charge in [0.1, 0.15) is 12.1 Å². The lowest BCUT2D eigenvalue weighted by atomic mass is 10.0. The number of ketones is 1. The molecule has 1 aromatic heterocycles. The predicted molar refractivity (Wildman–Crippen MR) is 117 cm³/mol. The summed E-state index contributed by atoms with van der Waals surface area (Å²) in [7, 11) is 0. The maximum atomic E-state index is 12.6. The van der Waals surface area contributed by atoms with Crippen LogP contribution in [-0.2, 0) is 0 Å². The standard InChI is InChI=1S/C25H21N3O2/c29-23(19-7-3-1-4-8-19)16-26-24-15-22(27-17-28-24)18-11-13-21(14-12-18)25(30)20-9-5-2-6-10-20/h1-15,17,23,29H,16H2,(H,26,27,28). The highest BCUT2D eigenvalue weighted by molar-refractivity contribution is 6.09. The highest BCUT2D eigenvalue weighted by atomic mass is 16.3. The first-order chi connectivity index (χ1) is 14.7. The van der Waals surface area contributed by atoms with Crippen molar-refractivity contribution in [1.82, 2.24) is 9.97 Å². The lowest BCUT2D eigenvalue weighted by molar-refractivity contribution is 0.103. The van der Waals surface area contributed by atoms with Crippen molar-refractivity contribution in [2.24, 2.45) is 0 Å². The minimum Gasteiger partial charge on any atom is -0.387 e. The van der Waals surface area contributed by atoms with Gasteiger partial charge in [0.2, 0.25) is 0 Å². The van der Waals surface area contributed by atoms with Gasteiger partial charge in [-0.25, -0.2) is 9.97 Å². The Morgan fingerprint density at radius 3 is 2.17 bits per heavy atom. The number of hydrogen-bond acceptors (Lipinski definition) is 5. The average molecular weight is 395 g/mol. The quantitative estimate of drug-likeness (QED) is 0.450. The zero-order valence-electron chi connectivity index (χ0n) is 16.3. The summed E-state index contributed by atoms with van der Waals surface area (Å²) < 4.78 is 0. The van der Waals surface area contributed by atoms with Gasteiger partial charge in [-0.05, 0) is 5.56 Å². The molecule has 4 rings (SSSR count). The Hall–Kier alpha value is -3.83. The maximum Gasteiger partial charge on any atom is 0.193 e. The van der Waals surface area contributed by atoms with Crippen LogP contribution >= 0.6 is 0 Å². The molecular weight excluding hydrogens is 374 g/mol. The van der Waals surface area contributed by atoms with E-state index in [-0.39, 0.29) is 5.78 Å². The summed E-state index contributed by atoms with van der Waals surface area (Å²) in [4.78, 5) is 21.1. The van der Waals surface area contributed by atoms with Crippen LogP contribution in [0.15, 0.2) is 97.3 Å². The fourth-order valence-electron chi connectivity index (χ4n) is 3.15. The van der Waals surface area contributed by atoms with Crippen molar-refractivity contribution < 1.29 is 9.90 Å². The van der Waals surface area contributed by atoms with Gasteiger partial charge < -0.3 is 10.4 Å². The van der Waals surface area contributed by atoms with E-state index in [1.54, 1.807) is 12.1 Å². The molecule has 0 bridgehead atoms. The molecular formula is C25H21N3O2. The summed E-state index contributed by atoms with van der Waals surface area (Å²) in [6, 6.07) is 27.9. The van der Waals surface area contributed by atoms with Crippen LogP contribution in [0.3, 0.4) is 0 Å². The normalized spacial score (nSPS) is 11.6. The fraction of sp³-hybridized carbons (Fsp3) is 0.0800. The third-order valence-electron chi connectivity index (χ3n) is 4.81. The second-order valence-corrected chi connectivity index (χ2v) is 6.87. The van der Waals surface area contributed by atoms with Gasteiger partial charge in [-0.15, -0.1) is 0 Å².